The summed E-state index contributed by atoms with van der Waals surface area (Å²) in [6, 6.07) is 0. The second-order valence-corrected chi connectivity index (χ2v) is 9.43. The Labute approximate surface area is 213 Å². The van der Waals surface area contributed by atoms with Crippen molar-refractivity contribution in [2.75, 3.05) is 46.6 Å². The second kappa shape index (κ2) is 13.5. The molecule has 0 aromatic heterocycles. The molecular weight excluding hydrogens is 462 g/mol. The molecular formula is C28H39NO7. The first kappa shape index (κ1) is 27.7. The monoisotopic (exact) mass is 501 g/mol. The van der Waals surface area contributed by atoms with Crippen LogP contribution in [0.1, 0.15) is 66.6 Å². The van der Waals surface area contributed by atoms with Gasteiger partial charge in [0.25, 0.3) is 0 Å². The lowest BCUT2D eigenvalue weighted by Gasteiger charge is -2.26. The molecule has 1 aromatic carbocycles. The number of nitrogens with zero attached hydrogens (tertiary/aromatic N) is 1. The molecule has 0 unspecified atom stereocenters. The highest BCUT2D eigenvalue weighted by Gasteiger charge is 2.31. The van der Waals surface area contributed by atoms with E-state index in [1.165, 1.54) is 11.1 Å². The van der Waals surface area contributed by atoms with Gasteiger partial charge in [-0.25, -0.2) is 4.79 Å². The molecule has 8 heteroatoms. The van der Waals surface area contributed by atoms with Crippen LogP contribution in [0.2, 0.25) is 0 Å². The van der Waals surface area contributed by atoms with Gasteiger partial charge >= 0.3 is 11.9 Å². The van der Waals surface area contributed by atoms with Crippen molar-refractivity contribution in [2.45, 2.75) is 59.5 Å². The number of hydrogen-bond acceptors (Lipinski definition) is 8. The third kappa shape index (κ3) is 7.34. The maximum atomic E-state index is 12.1. The molecule has 198 valence electrons. The summed E-state index contributed by atoms with van der Waals surface area (Å²) in [5.41, 5.74) is 4.72. The van der Waals surface area contributed by atoms with E-state index >= 15 is 0 Å². The minimum Gasteiger partial charge on any atom is -0.507 e. The summed E-state index contributed by atoms with van der Waals surface area (Å²) in [4.78, 5) is 26.3. The van der Waals surface area contributed by atoms with Crippen molar-refractivity contribution in [1.82, 2.24) is 4.90 Å². The molecule has 36 heavy (non-hydrogen) atoms. The Morgan fingerprint density at radius 1 is 1.11 bits per heavy atom. The first-order valence-corrected chi connectivity index (χ1v) is 12.7. The maximum Gasteiger partial charge on any atom is 0.342 e. The molecule has 0 bridgehead atoms. The second-order valence-electron chi connectivity index (χ2n) is 9.43. The van der Waals surface area contributed by atoms with Crippen LogP contribution in [0.5, 0.6) is 11.5 Å². The van der Waals surface area contributed by atoms with Gasteiger partial charge in [0.1, 0.15) is 30.3 Å². The summed E-state index contributed by atoms with van der Waals surface area (Å²) in [5, 5.41) is 10.7. The predicted octanol–water partition coefficient (Wildman–Crippen LogP) is 4.25. The Bertz CT molecular complexity index is 1010. The molecule has 2 aliphatic rings. The first-order valence-electron chi connectivity index (χ1n) is 12.7. The van der Waals surface area contributed by atoms with Crippen molar-refractivity contribution in [1.29, 1.82) is 0 Å². The largest absolute Gasteiger partial charge is 0.507 e. The number of phenolic OH excluding ortho intramolecular Hbond substituents is 1. The number of allylic oxidation sites excluding steroid dienone is 4. The standard InChI is InChI=1S/C28H39NO7/c1-19(8-10-22-26(31)25-23(18-36-28(25)32)21(3)27(22)33-4)6-5-7-20(2)9-11-24(30)35-17-14-29-12-15-34-16-13-29/h7-8,31H,5-6,9-18H2,1-4H3/b19-8+,20-7+. The van der Waals surface area contributed by atoms with E-state index in [1.807, 2.05) is 20.8 Å². The summed E-state index contributed by atoms with van der Waals surface area (Å²) < 4.78 is 21.3. The molecule has 1 fully saturated rings. The van der Waals surface area contributed by atoms with Crippen LogP contribution in [0.15, 0.2) is 23.3 Å². The number of aromatic hydroxyl groups is 1. The van der Waals surface area contributed by atoms with Gasteiger partial charge in [0.2, 0.25) is 0 Å². The Morgan fingerprint density at radius 2 is 1.83 bits per heavy atom. The molecule has 1 N–H and O–H groups in total. The number of ether oxygens (including phenoxy) is 4. The number of cyclic esters (lactones) is 1. The lowest BCUT2D eigenvalue weighted by Crippen LogP contribution is -2.38. The molecule has 2 aliphatic heterocycles. The molecule has 0 aliphatic carbocycles. The van der Waals surface area contributed by atoms with E-state index in [1.54, 1.807) is 7.11 Å². The van der Waals surface area contributed by atoms with Gasteiger partial charge in [-0.2, -0.15) is 0 Å². The highest BCUT2D eigenvalue weighted by molar-refractivity contribution is 5.98. The molecule has 0 amide bonds. The van der Waals surface area contributed by atoms with E-state index < -0.39 is 5.97 Å². The van der Waals surface area contributed by atoms with Crippen molar-refractivity contribution in [2.24, 2.45) is 0 Å². The predicted molar refractivity (Wildman–Crippen MR) is 136 cm³/mol. The number of carbonyl (C=O) groups excluding carboxylic acids is 2. The minimum atomic E-state index is -0.489. The van der Waals surface area contributed by atoms with E-state index in [-0.39, 0.29) is 23.9 Å². The Hall–Kier alpha value is -2.84. The quantitative estimate of drug-likeness (QED) is 0.336. The van der Waals surface area contributed by atoms with Crippen LogP contribution in [-0.2, 0) is 32.0 Å². The lowest BCUT2D eigenvalue weighted by molar-refractivity contribution is -0.144. The molecule has 0 spiro atoms. The Kier molecular flexibility index (Phi) is 10.4. The van der Waals surface area contributed by atoms with E-state index in [0.29, 0.717) is 42.7 Å². The molecule has 0 radical (unpaired) electrons. The highest BCUT2D eigenvalue weighted by atomic mass is 16.5. The molecule has 1 saturated heterocycles. The lowest BCUT2D eigenvalue weighted by atomic mass is 9.94. The normalized spacial score (nSPS) is 16.6. The number of esters is 2. The maximum absolute atomic E-state index is 12.1. The fourth-order valence-corrected chi connectivity index (χ4v) is 4.54. The third-order valence-corrected chi connectivity index (χ3v) is 6.83. The SMILES string of the molecule is COc1c(C)c2c(c(O)c1C/C=C(\C)CC/C=C(\C)CCC(=O)OCCN1CCOCC1)C(=O)OC2. The number of hydrogen-bond donors (Lipinski definition) is 1. The molecule has 0 atom stereocenters. The van der Waals surface area contributed by atoms with Gasteiger partial charge in [0.15, 0.2) is 0 Å². The number of phenols is 1. The van der Waals surface area contributed by atoms with Gasteiger partial charge in [-0.15, -0.1) is 0 Å². The summed E-state index contributed by atoms with van der Waals surface area (Å²) in [7, 11) is 1.57. The summed E-state index contributed by atoms with van der Waals surface area (Å²) in [6.07, 6.45) is 7.47. The van der Waals surface area contributed by atoms with Crippen LogP contribution in [0.3, 0.4) is 0 Å². The van der Waals surface area contributed by atoms with Gasteiger partial charge < -0.3 is 24.1 Å². The van der Waals surface area contributed by atoms with Gasteiger partial charge in [-0.1, -0.05) is 23.3 Å². The number of morpholine rings is 1. The summed E-state index contributed by atoms with van der Waals surface area (Å²) in [5.74, 6) is -0.0982. The highest BCUT2D eigenvalue weighted by Crippen LogP contribution is 2.42. The fraction of sp³-hybridized carbons (Fsp3) is 0.571. The van der Waals surface area contributed by atoms with Gasteiger partial charge in [0, 0.05) is 37.2 Å². The van der Waals surface area contributed by atoms with Gasteiger partial charge in [-0.05, 0) is 52.0 Å². The van der Waals surface area contributed by atoms with Crippen molar-refractivity contribution in [3.05, 3.63) is 45.6 Å². The molecule has 2 heterocycles. The summed E-state index contributed by atoms with van der Waals surface area (Å²) >= 11 is 0. The smallest absolute Gasteiger partial charge is 0.342 e. The summed E-state index contributed by atoms with van der Waals surface area (Å²) in [6.45, 7) is 10.6. The zero-order valence-corrected chi connectivity index (χ0v) is 22.0. The van der Waals surface area contributed by atoms with Gasteiger partial charge in [0.05, 0.1) is 20.3 Å². The Balaban J connectivity index is 1.43. The Morgan fingerprint density at radius 3 is 2.56 bits per heavy atom. The third-order valence-electron chi connectivity index (χ3n) is 6.83. The zero-order valence-electron chi connectivity index (χ0n) is 22.0. The van der Waals surface area contributed by atoms with Crippen LogP contribution in [0.25, 0.3) is 0 Å². The van der Waals surface area contributed by atoms with Crippen molar-refractivity contribution >= 4 is 11.9 Å². The average molecular weight is 502 g/mol. The van der Waals surface area contributed by atoms with Crippen molar-refractivity contribution < 1.29 is 33.6 Å². The van der Waals surface area contributed by atoms with Crippen LogP contribution in [0.4, 0.5) is 0 Å². The molecule has 8 nitrogen and oxygen atoms in total. The van der Waals surface area contributed by atoms with Crippen molar-refractivity contribution in [3.8, 4) is 11.5 Å². The molecule has 3 rings (SSSR count). The van der Waals surface area contributed by atoms with E-state index in [9.17, 15) is 14.7 Å². The number of benzene rings is 1. The topological polar surface area (TPSA) is 94.5 Å². The van der Waals surface area contributed by atoms with Crippen LogP contribution in [0, 0.1) is 6.92 Å². The zero-order chi connectivity index (χ0) is 26.1. The fourth-order valence-electron chi connectivity index (χ4n) is 4.54. The number of fused-ring (bicyclic) bond motifs is 1. The average Bonchev–Trinajstić information content (AvgIpc) is 3.26. The molecule has 1 aromatic rings. The van der Waals surface area contributed by atoms with E-state index in [2.05, 4.69) is 17.1 Å². The molecule has 0 saturated carbocycles. The van der Waals surface area contributed by atoms with E-state index in [0.717, 1.165) is 51.3 Å². The number of rotatable bonds is 12. The van der Waals surface area contributed by atoms with E-state index in [4.69, 9.17) is 18.9 Å². The van der Waals surface area contributed by atoms with Crippen LogP contribution < -0.4 is 4.74 Å². The van der Waals surface area contributed by atoms with Gasteiger partial charge in [-0.3, -0.25) is 9.69 Å². The first-order chi connectivity index (χ1) is 17.3. The van der Waals surface area contributed by atoms with Crippen LogP contribution in [-0.4, -0.2) is 68.5 Å². The number of carbonyl (C=O) groups is 2. The minimum absolute atomic E-state index is 0.0495. The van der Waals surface area contributed by atoms with Crippen LogP contribution >= 0.6 is 0 Å². The number of methoxy groups -OCH3 is 1. The van der Waals surface area contributed by atoms with Crippen molar-refractivity contribution in [3.63, 3.8) is 0 Å².